The first-order chi connectivity index (χ1) is 10.6. The van der Waals surface area contributed by atoms with Crippen LogP contribution in [0.4, 0.5) is 0 Å². The second kappa shape index (κ2) is 6.39. The molecule has 2 aliphatic heterocycles. The van der Waals surface area contributed by atoms with E-state index in [0.29, 0.717) is 38.4 Å². The van der Waals surface area contributed by atoms with Crippen LogP contribution < -0.4 is 0 Å². The van der Waals surface area contributed by atoms with Crippen LogP contribution in [0.25, 0.3) is 0 Å². The minimum Gasteiger partial charge on any atom is -0.385 e. The fourth-order valence-corrected chi connectivity index (χ4v) is 3.73. The van der Waals surface area contributed by atoms with Gasteiger partial charge >= 0.3 is 0 Å². The summed E-state index contributed by atoms with van der Waals surface area (Å²) in [5.74, 6) is 0.244. The van der Waals surface area contributed by atoms with Gasteiger partial charge in [-0.15, -0.1) is 0 Å². The van der Waals surface area contributed by atoms with Crippen LogP contribution in [-0.2, 0) is 10.4 Å². The lowest BCUT2D eigenvalue weighted by molar-refractivity contribution is -0.136. The molecule has 0 unspecified atom stereocenters. The fourth-order valence-electron chi connectivity index (χ4n) is 3.73. The number of amides is 1. The lowest BCUT2D eigenvalue weighted by atomic mass is 9.84. The normalized spacial score (nSPS) is 25.4. The summed E-state index contributed by atoms with van der Waals surface area (Å²) >= 11 is 0. The number of carbonyl (C=O) groups is 1. The molecule has 0 aromatic heterocycles. The maximum Gasteiger partial charge on any atom is 0.224 e. The molecule has 1 amide bonds. The van der Waals surface area contributed by atoms with Crippen LogP contribution >= 0.6 is 0 Å². The van der Waals surface area contributed by atoms with Gasteiger partial charge in [-0.05, 0) is 44.8 Å². The molecule has 3 rings (SSSR count). The molecule has 1 aromatic rings. The van der Waals surface area contributed by atoms with Gasteiger partial charge in [0.25, 0.3) is 0 Å². The van der Waals surface area contributed by atoms with Crippen molar-refractivity contribution in [3.63, 3.8) is 0 Å². The standard InChI is InChI=1S/C18H26N2O2/c1-19-11-5-8-16(19)14-17(21)20-12-9-18(22,10-13-20)15-6-3-2-4-7-15/h2-4,6-7,16,22H,5,8-14H2,1H3/t16-/m0/s1. The third kappa shape index (κ3) is 3.18. The minimum atomic E-state index is -0.776. The Balaban J connectivity index is 1.56. The molecule has 0 aliphatic carbocycles. The van der Waals surface area contributed by atoms with E-state index in [-0.39, 0.29) is 5.91 Å². The number of piperidine rings is 1. The van der Waals surface area contributed by atoms with Crippen molar-refractivity contribution in [1.82, 2.24) is 9.80 Å². The van der Waals surface area contributed by atoms with Crippen LogP contribution in [0.1, 0.15) is 37.7 Å². The van der Waals surface area contributed by atoms with Crippen LogP contribution in [0.5, 0.6) is 0 Å². The molecule has 0 radical (unpaired) electrons. The number of rotatable bonds is 3. The average Bonchev–Trinajstić information content (AvgIpc) is 2.94. The number of aliphatic hydroxyl groups is 1. The largest absolute Gasteiger partial charge is 0.385 e. The Kier molecular flexibility index (Phi) is 4.50. The van der Waals surface area contributed by atoms with Crippen molar-refractivity contribution in [2.45, 2.75) is 43.7 Å². The zero-order chi connectivity index (χ0) is 15.6. The van der Waals surface area contributed by atoms with Crippen molar-refractivity contribution in [3.05, 3.63) is 35.9 Å². The molecule has 4 nitrogen and oxygen atoms in total. The lowest BCUT2D eigenvalue weighted by Gasteiger charge is -2.39. The molecule has 2 heterocycles. The molecule has 1 aromatic carbocycles. The topological polar surface area (TPSA) is 43.8 Å². The van der Waals surface area contributed by atoms with E-state index in [9.17, 15) is 9.90 Å². The lowest BCUT2D eigenvalue weighted by Crippen LogP contribution is -2.46. The first-order valence-corrected chi connectivity index (χ1v) is 8.34. The molecule has 0 bridgehead atoms. The number of benzene rings is 1. The number of nitrogens with zero attached hydrogens (tertiary/aromatic N) is 2. The summed E-state index contributed by atoms with van der Waals surface area (Å²) in [5.41, 5.74) is 0.194. The summed E-state index contributed by atoms with van der Waals surface area (Å²) in [6.07, 6.45) is 4.21. The molecule has 1 atom stereocenters. The molecule has 0 spiro atoms. The second-order valence-corrected chi connectivity index (χ2v) is 6.76. The van der Waals surface area contributed by atoms with Gasteiger partial charge in [-0.25, -0.2) is 0 Å². The van der Waals surface area contributed by atoms with Gasteiger partial charge in [0, 0.05) is 25.6 Å². The van der Waals surface area contributed by atoms with Gasteiger partial charge < -0.3 is 14.9 Å². The van der Waals surface area contributed by atoms with Crippen molar-refractivity contribution in [1.29, 1.82) is 0 Å². The number of hydrogen-bond donors (Lipinski definition) is 1. The number of carbonyl (C=O) groups excluding carboxylic acids is 1. The Morgan fingerprint density at radius 3 is 2.50 bits per heavy atom. The van der Waals surface area contributed by atoms with E-state index in [2.05, 4.69) is 11.9 Å². The first kappa shape index (κ1) is 15.5. The van der Waals surface area contributed by atoms with E-state index in [4.69, 9.17) is 0 Å². The van der Waals surface area contributed by atoms with Gasteiger partial charge in [0.05, 0.1) is 5.60 Å². The maximum atomic E-state index is 12.5. The molecular formula is C18H26N2O2. The van der Waals surface area contributed by atoms with Crippen molar-refractivity contribution in [2.75, 3.05) is 26.7 Å². The molecular weight excluding hydrogens is 276 g/mol. The van der Waals surface area contributed by atoms with Gasteiger partial charge in [-0.1, -0.05) is 30.3 Å². The van der Waals surface area contributed by atoms with Crippen LogP contribution in [0, 0.1) is 0 Å². The van der Waals surface area contributed by atoms with Crippen molar-refractivity contribution in [2.24, 2.45) is 0 Å². The summed E-state index contributed by atoms with van der Waals surface area (Å²) in [4.78, 5) is 16.7. The molecule has 1 N–H and O–H groups in total. The summed E-state index contributed by atoms with van der Waals surface area (Å²) in [6.45, 7) is 2.41. The highest BCUT2D eigenvalue weighted by molar-refractivity contribution is 5.77. The monoisotopic (exact) mass is 302 g/mol. The second-order valence-electron chi connectivity index (χ2n) is 6.76. The predicted molar refractivity (Wildman–Crippen MR) is 86.4 cm³/mol. The van der Waals surface area contributed by atoms with Crippen molar-refractivity contribution in [3.8, 4) is 0 Å². The van der Waals surface area contributed by atoms with E-state index in [1.807, 2.05) is 35.2 Å². The molecule has 2 aliphatic rings. The predicted octanol–water partition coefficient (Wildman–Crippen LogP) is 1.98. The summed E-state index contributed by atoms with van der Waals surface area (Å²) in [7, 11) is 2.11. The quantitative estimate of drug-likeness (QED) is 0.928. The van der Waals surface area contributed by atoms with Gasteiger partial charge in [0.2, 0.25) is 5.91 Å². The minimum absolute atomic E-state index is 0.244. The Hall–Kier alpha value is -1.39. The third-order valence-corrected chi connectivity index (χ3v) is 5.34. The maximum absolute atomic E-state index is 12.5. The molecule has 4 heteroatoms. The van der Waals surface area contributed by atoms with Gasteiger partial charge in [0.15, 0.2) is 0 Å². The zero-order valence-electron chi connectivity index (χ0n) is 13.4. The number of hydrogen-bond acceptors (Lipinski definition) is 3. The Labute approximate surface area is 132 Å². The van der Waals surface area contributed by atoms with Gasteiger partial charge in [-0.2, -0.15) is 0 Å². The average molecular weight is 302 g/mol. The molecule has 120 valence electrons. The molecule has 2 fully saturated rings. The summed E-state index contributed by atoms with van der Waals surface area (Å²) in [6, 6.07) is 10.2. The Bertz CT molecular complexity index is 509. The highest BCUT2D eigenvalue weighted by atomic mass is 16.3. The van der Waals surface area contributed by atoms with E-state index in [1.54, 1.807) is 0 Å². The van der Waals surface area contributed by atoms with Crippen molar-refractivity contribution < 1.29 is 9.90 Å². The third-order valence-electron chi connectivity index (χ3n) is 5.34. The van der Waals surface area contributed by atoms with Crippen molar-refractivity contribution >= 4 is 5.91 Å². The van der Waals surface area contributed by atoms with Gasteiger partial charge in [-0.3, -0.25) is 4.79 Å². The zero-order valence-corrected chi connectivity index (χ0v) is 13.4. The van der Waals surface area contributed by atoms with E-state index < -0.39 is 5.60 Å². The summed E-state index contributed by atoms with van der Waals surface area (Å²) < 4.78 is 0. The first-order valence-electron chi connectivity index (χ1n) is 8.34. The van der Waals surface area contributed by atoms with E-state index in [1.165, 1.54) is 6.42 Å². The molecule has 2 saturated heterocycles. The highest BCUT2D eigenvalue weighted by Crippen LogP contribution is 2.33. The van der Waals surface area contributed by atoms with Crippen LogP contribution in [0.2, 0.25) is 0 Å². The van der Waals surface area contributed by atoms with Crippen LogP contribution in [0.3, 0.4) is 0 Å². The van der Waals surface area contributed by atoms with Crippen LogP contribution in [-0.4, -0.2) is 53.5 Å². The van der Waals surface area contributed by atoms with E-state index >= 15 is 0 Å². The summed E-state index contributed by atoms with van der Waals surface area (Å²) in [5, 5.41) is 10.8. The number of likely N-dealkylation sites (tertiary alicyclic amines) is 2. The highest BCUT2D eigenvalue weighted by Gasteiger charge is 2.36. The molecule has 0 saturated carbocycles. The molecule has 22 heavy (non-hydrogen) atoms. The Morgan fingerprint density at radius 2 is 1.91 bits per heavy atom. The fraction of sp³-hybridized carbons (Fsp3) is 0.611. The van der Waals surface area contributed by atoms with Gasteiger partial charge in [0.1, 0.15) is 0 Å². The Morgan fingerprint density at radius 1 is 1.23 bits per heavy atom. The SMILES string of the molecule is CN1CCC[C@H]1CC(=O)N1CCC(O)(c2ccccc2)CC1. The van der Waals surface area contributed by atoms with Crippen LogP contribution in [0.15, 0.2) is 30.3 Å². The van der Waals surface area contributed by atoms with E-state index in [0.717, 1.165) is 18.5 Å². The smallest absolute Gasteiger partial charge is 0.224 e.